The Hall–Kier alpha value is -1.56. The van der Waals surface area contributed by atoms with Crippen LogP contribution in [0.3, 0.4) is 0 Å². The van der Waals surface area contributed by atoms with Crippen LogP contribution in [-0.4, -0.2) is 0 Å². The van der Waals surface area contributed by atoms with Gasteiger partial charge in [-0.15, -0.1) is 0 Å². The Morgan fingerprint density at radius 3 is 2.41 bits per heavy atom. The third-order valence-electron chi connectivity index (χ3n) is 3.96. The molecule has 1 aliphatic rings. The van der Waals surface area contributed by atoms with Crippen LogP contribution >= 0.6 is 0 Å². The van der Waals surface area contributed by atoms with Crippen LogP contribution < -0.4 is 0 Å². The maximum atomic E-state index is 2.29. The molecular formula is C17H18. The molecule has 0 aromatic heterocycles. The van der Waals surface area contributed by atoms with Gasteiger partial charge in [0, 0.05) is 5.92 Å². The second-order valence-electron chi connectivity index (χ2n) is 4.78. The topological polar surface area (TPSA) is 0 Å². The molecule has 0 spiro atoms. The first-order valence-corrected chi connectivity index (χ1v) is 6.57. The summed E-state index contributed by atoms with van der Waals surface area (Å²) in [6.07, 6.45) is 2.33. The van der Waals surface area contributed by atoms with E-state index in [-0.39, 0.29) is 0 Å². The zero-order valence-corrected chi connectivity index (χ0v) is 10.5. The normalized spacial score (nSPS) is 16.7. The Bertz CT molecular complexity index is 552. The molecule has 0 saturated heterocycles. The van der Waals surface area contributed by atoms with E-state index in [1.807, 2.05) is 0 Å². The molecule has 0 amide bonds. The summed E-state index contributed by atoms with van der Waals surface area (Å²) in [5.74, 6) is 0.609. The average molecular weight is 222 g/mol. The lowest BCUT2D eigenvalue weighted by atomic mass is 9.90. The summed E-state index contributed by atoms with van der Waals surface area (Å²) in [6, 6.07) is 15.6. The van der Waals surface area contributed by atoms with Crippen molar-refractivity contribution in [3.8, 4) is 11.1 Å². The van der Waals surface area contributed by atoms with Gasteiger partial charge in [-0.05, 0) is 40.7 Å². The van der Waals surface area contributed by atoms with Gasteiger partial charge in [0.15, 0.2) is 0 Å². The fraction of sp³-hybridized carbons (Fsp3) is 0.294. The molecule has 0 radical (unpaired) electrons. The van der Waals surface area contributed by atoms with E-state index in [0.717, 1.165) is 6.42 Å². The highest BCUT2D eigenvalue weighted by Gasteiger charge is 2.28. The first kappa shape index (κ1) is 10.6. The number of aryl methyl sites for hydroxylation is 1. The molecule has 0 fully saturated rings. The second-order valence-corrected chi connectivity index (χ2v) is 4.78. The highest BCUT2D eigenvalue weighted by Crippen LogP contribution is 2.47. The van der Waals surface area contributed by atoms with Gasteiger partial charge in [-0.1, -0.05) is 56.3 Å². The minimum absolute atomic E-state index is 0.609. The predicted octanol–water partition coefficient (Wildman–Crippen LogP) is 4.77. The monoisotopic (exact) mass is 222 g/mol. The molecule has 0 heteroatoms. The summed E-state index contributed by atoms with van der Waals surface area (Å²) < 4.78 is 0. The SMILES string of the molecule is CCc1cccc2c1C(CC)c1ccccc1-2. The number of benzene rings is 2. The molecule has 86 valence electrons. The molecule has 1 aliphatic carbocycles. The van der Waals surface area contributed by atoms with E-state index in [1.165, 1.54) is 28.7 Å². The van der Waals surface area contributed by atoms with E-state index in [9.17, 15) is 0 Å². The third kappa shape index (κ3) is 1.44. The van der Waals surface area contributed by atoms with Crippen LogP contribution in [0.15, 0.2) is 42.5 Å². The Morgan fingerprint density at radius 2 is 1.65 bits per heavy atom. The van der Waals surface area contributed by atoms with Crippen LogP contribution in [0.5, 0.6) is 0 Å². The van der Waals surface area contributed by atoms with E-state index in [1.54, 1.807) is 5.56 Å². The van der Waals surface area contributed by atoms with Crippen molar-refractivity contribution in [3.05, 3.63) is 59.2 Å². The van der Waals surface area contributed by atoms with E-state index in [2.05, 4.69) is 56.3 Å². The molecule has 0 heterocycles. The number of rotatable bonds is 2. The van der Waals surface area contributed by atoms with Crippen molar-refractivity contribution in [2.45, 2.75) is 32.6 Å². The summed E-state index contributed by atoms with van der Waals surface area (Å²) >= 11 is 0. The summed E-state index contributed by atoms with van der Waals surface area (Å²) in [4.78, 5) is 0. The quantitative estimate of drug-likeness (QED) is 0.686. The second kappa shape index (κ2) is 4.03. The van der Waals surface area contributed by atoms with Gasteiger partial charge in [0.25, 0.3) is 0 Å². The van der Waals surface area contributed by atoms with Gasteiger partial charge in [-0.25, -0.2) is 0 Å². The highest BCUT2D eigenvalue weighted by molar-refractivity contribution is 5.80. The molecule has 17 heavy (non-hydrogen) atoms. The van der Waals surface area contributed by atoms with Crippen molar-refractivity contribution in [2.75, 3.05) is 0 Å². The van der Waals surface area contributed by atoms with Gasteiger partial charge >= 0.3 is 0 Å². The molecule has 1 atom stereocenters. The lowest BCUT2D eigenvalue weighted by Gasteiger charge is -2.14. The Balaban J connectivity index is 2.30. The number of hydrogen-bond donors (Lipinski definition) is 0. The molecule has 0 saturated carbocycles. The van der Waals surface area contributed by atoms with Crippen molar-refractivity contribution in [3.63, 3.8) is 0 Å². The van der Waals surface area contributed by atoms with Crippen LogP contribution in [0.2, 0.25) is 0 Å². The Labute approximate surface area is 103 Å². The smallest absolute Gasteiger partial charge is 0.0102 e. The maximum absolute atomic E-state index is 2.29. The fourth-order valence-electron chi connectivity index (χ4n) is 3.19. The third-order valence-corrected chi connectivity index (χ3v) is 3.96. The van der Waals surface area contributed by atoms with Gasteiger partial charge in [0.1, 0.15) is 0 Å². The van der Waals surface area contributed by atoms with Crippen molar-refractivity contribution in [2.24, 2.45) is 0 Å². The lowest BCUT2D eigenvalue weighted by Crippen LogP contribution is -1.98. The summed E-state index contributed by atoms with van der Waals surface area (Å²) in [5.41, 5.74) is 7.53. The van der Waals surface area contributed by atoms with Gasteiger partial charge < -0.3 is 0 Å². The van der Waals surface area contributed by atoms with Crippen molar-refractivity contribution < 1.29 is 0 Å². The molecular weight excluding hydrogens is 204 g/mol. The molecule has 1 unspecified atom stereocenters. The Morgan fingerprint density at radius 1 is 0.882 bits per heavy atom. The largest absolute Gasteiger partial charge is 0.0645 e. The van der Waals surface area contributed by atoms with Crippen molar-refractivity contribution in [1.29, 1.82) is 0 Å². The van der Waals surface area contributed by atoms with Crippen LogP contribution in [0.25, 0.3) is 11.1 Å². The van der Waals surface area contributed by atoms with Gasteiger partial charge in [0.05, 0.1) is 0 Å². The standard InChI is InChI=1S/C17H18/c1-3-12-8-7-11-16-15-10-6-5-9-14(15)13(4-2)17(12)16/h5-11,13H,3-4H2,1-2H3. The first-order valence-electron chi connectivity index (χ1n) is 6.57. The zero-order chi connectivity index (χ0) is 11.8. The fourth-order valence-corrected chi connectivity index (χ4v) is 3.19. The minimum Gasteiger partial charge on any atom is -0.0645 e. The molecule has 3 rings (SSSR count). The predicted molar refractivity (Wildman–Crippen MR) is 73.4 cm³/mol. The molecule has 2 aromatic rings. The van der Waals surface area contributed by atoms with Gasteiger partial charge in [-0.3, -0.25) is 0 Å². The van der Waals surface area contributed by atoms with E-state index < -0.39 is 0 Å². The van der Waals surface area contributed by atoms with E-state index >= 15 is 0 Å². The van der Waals surface area contributed by atoms with E-state index in [4.69, 9.17) is 0 Å². The molecule has 0 nitrogen and oxygen atoms in total. The van der Waals surface area contributed by atoms with Gasteiger partial charge in [-0.2, -0.15) is 0 Å². The zero-order valence-electron chi connectivity index (χ0n) is 10.5. The van der Waals surface area contributed by atoms with Crippen LogP contribution in [0.4, 0.5) is 0 Å². The summed E-state index contributed by atoms with van der Waals surface area (Å²) in [6.45, 7) is 4.55. The molecule has 0 aliphatic heterocycles. The van der Waals surface area contributed by atoms with Crippen LogP contribution in [0.1, 0.15) is 42.9 Å². The average Bonchev–Trinajstić information content (AvgIpc) is 2.72. The molecule has 2 aromatic carbocycles. The maximum Gasteiger partial charge on any atom is 0.0102 e. The highest BCUT2D eigenvalue weighted by atomic mass is 14.3. The van der Waals surface area contributed by atoms with Crippen LogP contribution in [-0.2, 0) is 6.42 Å². The number of hydrogen-bond acceptors (Lipinski definition) is 0. The van der Waals surface area contributed by atoms with Gasteiger partial charge in [0.2, 0.25) is 0 Å². The van der Waals surface area contributed by atoms with Crippen molar-refractivity contribution >= 4 is 0 Å². The van der Waals surface area contributed by atoms with Crippen LogP contribution in [0, 0.1) is 0 Å². The number of fused-ring (bicyclic) bond motifs is 3. The summed E-state index contributed by atoms with van der Waals surface area (Å²) in [5, 5.41) is 0. The molecule has 0 bridgehead atoms. The minimum atomic E-state index is 0.609. The first-order chi connectivity index (χ1) is 8.36. The molecule has 0 N–H and O–H groups in total. The lowest BCUT2D eigenvalue weighted by molar-refractivity contribution is 0.785. The van der Waals surface area contributed by atoms with Crippen molar-refractivity contribution in [1.82, 2.24) is 0 Å². The van der Waals surface area contributed by atoms with E-state index in [0.29, 0.717) is 5.92 Å². The Kier molecular flexibility index (Phi) is 2.51. The summed E-state index contributed by atoms with van der Waals surface area (Å²) in [7, 11) is 0.